The van der Waals surface area contributed by atoms with Gasteiger partial charge in [-0.3, -0.25) is 14.4 Å². The topological polar surface area (TPSA) is 108 Å². The smallest absolute Gasteiger partial charge is 0.316 e. The van der Waals surface area contributed by atoms with Crippen molar-refractivity contribution in [3.8, 4) is 6.07 Å². The highest BCUT2D eigenvalue weighted by Gasteiger charge is 2.18. The molecule has 2 amide bonds. The van der Waals surface area contributed by atoms with Crippen molar-refractivity contribution in [1.82, 2.24) is 0 Å². The Morgan fingerprint density at radius 2 is 1.83 bits per heavy atom. The first-order chi connectivity index (χ1) is 13.9. The fourth-order valence-corrected chi connectivity index (χ4v) is 2.75. The van der Waals surface area contributed by atoms with Gasteiger partial charge in [0.15, 0.2) is 6.10 Å². The van der Waals surface area contributed by atoms with Crippen molar-refractivity contribution in [2.45, 2.75) is 13.0 Å². The summed E-state index contributed by atoms with van der Waals surface area (Å²) in [5.74, 6) is -2.05. The van der Waals surface area contributed by atoms with Crippen molar-refractivity contribution < 1.29 is 23.5 Å². The SMILES string of the molecule is C[C@@H](OC(=O)CSCC(=O)Nc1ccc(F)cc1)C(=O)Nc1cccc(C#N)c1. The predicted molar refractivity (Wildman–Crippen MR) is 108 cm³/mol. The van der Waals surface area contributed by atoms with Gasteiger partial charge in [-0.25, -0.2) is 4.39 Å². The number of amides is 2. The van der Waals surface area contributed by atoms with Gasteiger partial charge in [-0.05, 0) is 49.4 Å². The van der Waals surface area contributed by atoms with E-state index in [4.69, 9.17) is 10.00 Å². The molecular weight excluding hydrogens is 397 g/mol. The Morgan fingerprint density at radius 1 is 1.10 bits per heavy atom. The molecule has 2 aromatic carbocycles. The summed E-state index contributed by atoms with van der Waals surface area (Å²) in [6.45, 7) is 1.42. The third-order valence-electron chi connectivity index (χ3n) is 3.52. The van der Waals surface area contributed by atoms with Gasteiger partial charge in [-0.2, -0.15) is 5.26 Å². The summed E-state index contributed by atoms with van der Waals surface area (Å²) >= 11 is 1.03. The number of thioether (sulfide) groups is 1. The molecule has 0 heterocycles. The van der Waals surface area contributed by atoms with E-state index in [1.165, 1.54) is 37.3 Å². The zero-order valence-corrected chi connectivity index (χ0v) is 16.3. The van der Waals surface area contributed by atoms with Crippen LogP contribution in [0.5, 0.6) is 0 Å². The van der Waals surface area contributed by atoms with Crippen molar-refractivity contribution in [3.63, 3.8) is 0 Å². The van der Waals surface area contributed by atoms with Gasteiger partial charge in [0, 0.05) is 11.4 Å². The average molecular weight is 415 g/mol. The highest BCUT2D eigenvalue weighted by molar-refractivity contribution is 8.00. The number of hydrogen-bond donors (Lipinski definition) is 2. The van der Waals surface area contributed by atoms with Gasteiger partial charge in [0.05, 0.1) is 23.1 Å². The highest BCUT2D eigenvalue weighted by atomic mass is 32.2. The van der Waals surface area contributed by atoms with E-state index in [1.54, 1.807) is 18.2 Å². The minimum atomic E-state index is -1.04. The number of esters is 1. The second-order valence-corrected chi connectivity index (χ2v) is 6.85. The van der Waals surface area contributed by atoms with Crippen LogP contribution in [0, 0.1) is 17.1 Å². The molecule has 2 aromatic rings. The monoisotopic (exact) mass is 415 g/mol. The van der Waals surface area contributed by atoms with E-state index in [0.29, 0.717) is 16.9 Å². The van der Waals surface area contributed by atoms with Crippen LogP contribution in [0.2, 0.25) is 0 Å². The second kappa shape index (κ2) is 10.8. The molecule has 0 aliphatic carbocycles. The maximum absolute atomic E-state index is 12.8. The third-order valence-corrected chi connectivity index (χ3v) is 4.42. The Labute approximate surface area is 171 Å². The molecule has 0 saturated heterocycles. The van der Waals surface area contributed by atoms with Gasteiger partial charge in [0.25, 0.3) is 5.91 Å². The minimum Gasteiger partial charge on any atom is -0.452 e. The predicted octanol–water partition coefficient (Wildman–Crippen LogP) is 2.94. The molecule has 0 spiro atoms. The number of anilines is 2. The molecule has 0 radical (unpaired) electrons. The van der Waals surface area contributed by atoms with Crippen LogP contribution in [-0.4, -0.2) is 35.4 Å². The van der Waals surface area contributed by atoms with Crippen LogP contribution in [0.3, 0.4) is 0 Å². The molecule has 0 aliphatic rings. The van der Waals surface area contributed by atoms with Crippen LogP contribution >= 0.6 is 11.8 Å². The van der Waals surface area contributed by atoms with Crippen LogP contribution in [0.4, 0.5) is 15.8 Å². The molecule has 9 heteroatoms. The lowest BCUT2D eigenvalue weighted by Gasteiger charge is -2.13. The van der Waals surface area contributed by atoms with Gasteiger partial charge < -0.3 is 15.4 Å². The van der Waals surface area contributed by atoms with E-state index in [2.05, 4.69) is 10.6 Å². The normalized spacial score (nSPS) is 11.1. The Hall–Kier alpha value is -3.38. The molecule has 0 bridgehead atoms. The molecule has 7 nitrogen and oxygen atoms in total. The lowest BCUT2D eigenvalue weighted by atomic mass is 10.2. The fraction of sp³-hybridized carbons (Fsp3) is 0.200. The standard InChI is InChI=1S/C20H18FN3O4S/c1-13(20(27)24-17-4-2-3-14(9-17)10-22)28-19(26)12-29-11-18(25)23-16-7-5-15(21)6-8-16/h2-9,13H,11-12H2,1H3,(H,23,25)(H,24,27)/t13-/m1/s1. The number of nitrogens with one attached hydrogen (secondary N) is 2. The first-order valence-corrected chi connectivity index (χ1v) is 9.66. The lowest BCUT2D eigenvalue weighted by Crippen LogP contribution is -2.30. The maximum Gasteiger partial charge on any atom is 0.316 e. The molecule has 150 valence electrons. The number of hydrogen-bond acceptors (Lipinski definition) is 6. The summed E-state index contributed by atoms with van der Waals surface area (Å²) < 4.78 is 17.9. The lowest BCUT2D eigenvalue weighted by molar-refractivity contribution is -0.150. The van der Waals surface area contributed by atoms with Crippen LogP contribution in [0.25, 0.3) is 0 Å². The molecule has 0 unspecified atom stereocenters. The van der Waals surface area contributed by atoms with Gasteiger partial charge in [-0.15, -0.1) is 11.8 Å². The summed E-state index contributed by atoms with van der Waals surface area (Å²) in [6, 6.07) is 13.6. The summed E-state index contributed by atoms with van der Waals surface area (Å²) in [6.07, 6.45) is -1.04. The maximum atomic E-state index is 12.8. The van der Waals surface area contributed by atoms with Gasteiger partial charge in [0.1, 0.15) is 5.82 Å². The van der Waals surface area contributed by atoms with Crippen molar-refractivity contribution in [2.24, 2.45) is 0 Å². The molecule has 2 N–H and O–H groups in total. The van der Waals surface area contributed by atoms with E-state index in [1.807, 2.05) is 6.07 Å². The van der Waals surface area contributed by atoms with E-state index in [-0.39, 0.29) is 17.4 Å². The first-order valence-electron chi connectivity index (χ1n) is 8.51. The average Bonchev–Trinajstić information content (AvgIpc) is 2.69. The Bertz CT molecular complexity index is 928. The molecule has 1 atom stereocenters. The highest BCUT2D eigenvalue weighted by Crippen LogP contribution is 2.12. The van der Waals surface area contributed by atoms with Crippen LogP contribution in [-0.2, 0) is 19.1 Å². The minimum absolute atomic E-state index is 0.00595. The van der Waals surface area contributed by atoms with Crippen molar-refractivity contribution in [2.75, 3.05) is 22.1 Å². The number of nitriles is 1. The van der Waals surface area contributed by atoms with Crippen molar-refractivity contribution in [1.29, 1.82) is 5.26 Å². The van der Waals surface area contributed by atoms with Crippen molar-refractivity contribution >= 4 is 40.9 Å². The third kappa shape index (κ3) is 7.63. The van der Waals surface area contributed by atoms with E-state index >= 15 is 0 Å². The van der Waals surface area contributed by atoms with Gasteiger partial charge in [-0.1, -0.05) is 6.07 Å². The number of halogens is 1. The fourth-order valence-electron chi connectivity index (χ4n) is 2.15. The van der Waals surface area contributed by atoms with E-state index in [9.17, 15) is 18.8 Å². The largest absolute Gasteiger partial charge is 0.452 e. The molecule has 0 fully saturated rings. The number of carbonyl (C=O) groups excluding carboxylic acids is 3. The van der Waals surface area contributed by atoms with Crippen molar-refractivity contribution in [3.05, 3.63) is 59.9 Å². The zero-order chi connectivity index (χ0) is 21.2. The number of ether oxygens (including phenoxy) is 1. The molecule has 0 aliphatic heterocycles. The summed E-state index contributed by atoms with van der Waals surface area (Å²) in [4.78, 5) is 35.7. The van der Waals surface area contributed by atoms with E-state index in [0.717, 1.165) is 11.8 Å². The molecule has 0 aromatic heterocycles. The Kier molecular flexibility index (Phi) is 8.18. The first kappa shape index (κ1) is 21.9. The second-order valence-electron chi connectivity index (χ2n) is 5.86. The van der Waals surface area contributed by atoms with Gasteiger partial charge in [0.2, 0.25) is 5.91 Å². The van der Waals surface area contributed by atoms with Crippen LogP contribution in [0.1, 0.15) is 12.5 Å². The van der Waals surface area contributed by atoms with E-state index < -0.39 is 23.8 Å². The van der Waals surface area contributed by atoms with Gasteiger partial charge >= 0.3 is 5.97 Å². The number of benzene rings is 2. The van der Waals surface area contributed by atoms with Crippen LogP contribution < -0.4 is 10.6 Å². The Balaban J connectivity index is 1.70. The Morgan fingerprint density at radius 3 is 2.52 bits per heavy atom. The summed E-state index contributed by atoms with van der Waals surface area (Å²) in [5.41, 5.74) is 1.26. The zero-order valence-electron chi connectivity index (χ0n) is 15.5. The van der Waals surface area contributed by atoms with Crippen LogP contribution in [0.15, 0.2) is 48.5 Å². The molecular formula is C20H18FN3O4S. The molecule has 29 heavy (non-hydrogen) atoms. The number of carbonyl (C=O) groups is 3. The number of nitrogens with zero attached hydrogens (tertiary/aromatic N) is 1. The number of rotatable bonds is 8. The molecule has 0 saturated carbocycles. The quantitative estimate of drug-likeness (QED) is 0.642. The summed E-state index contributed by atoms with van der Waals surface area (Å²) in [5, 5.41) is 14.0. The summed E-state index contributed by atoms with van der Waals surface area (Å²) in [7, 11) is 0. The molecule has 2 rings (SSSR count).